The standard InChI is InChI=1S/C10H22O2/c1-3-5-10(12)7-4-6-9(2)8-11/h9-12H,3-8H2,1-2H3. The van der Waals surface area contributed by atoms with Crippen molar-refractivity contribution in [2.45, 2.75) is 52.1 Å². The van der Waals surface area contributed by atoms with Gasteiger partial charge in [-0.2, -0.15) is 0 Å². The van der Waals surface area contributed by atoms with E-state index in [4.69, 9.17) is 5.11 Å². The monoisotopic (exact) mass is 174 g/mol. The van der Waals surface area contributed by atoms with E-state index < -0.39 is 0 Å². The van der Waals surface area contributed by atoms with Gasteiger partial charge in [0, 0.05) is 6.61 Å². The van der Waals surface area contributed by atoms with Gasteiger partial charge in [0.25, 0.3) is 0 Å². The van der Waals surface area contributed by atoms with Crippen molar-refractivity contribution in [1.29, 1.82) is 0 Å². The number of aliphatic hydroxyl groups excluding tert-OH is 2. The Balaban J connectivity index is 3.18. The summed E-state index contributed by atoms with van der Waals surface area (Å²) in [5.41, 5.74) is 0. The molecule has 0 spiro atoms. The Morgan fingerprint density at radius 2 is 1.83 bits per heavy atom. The van der Waals surface area contributed by atoms with Gasteiger partial charge in [-0.3, -0.25) is 0 Å². The summed E-state index contributed by atoms with van der Waals surface area (Å²) in [4.78, 5) is 0. The summed E-state index contributed by atoms with van der Waals surface area (Å²) in [6.45, 7) is 4.38. The summed E-state index contributed by atoms with van der Waals surface area (Å²) in [6.07, 6.45) is 4.78. The molecule has 12 heavy (non-hydrogen) atoms. The highest BCUT2D eigenvalue weighted by molar-refractivity contribution is 4.57. The highest BCUT2D eigenvalue weighted by atomic mass is 16.3. The normalized spacial score (nSPS) is 16.0. The molecule has 2 atom stereocenters. The van der Waals surface area contributed by atoms with Crippen LogP contribution in [0.4, 0.5) is 0 Å². The van der Waals surface area contributed by atoms with E-state index in [-0.39, 0.29) is 12.7 Å². The topological polar surface area (TPSA) is 40.5 Å². The molecule has 0 aliphatic carbocycles. The number of hydrogen-bond acceptors (Lipinski definition) is 2. The van der Waals surface area contributed by atoms with Gasteiger partial charge >= 0.3 is 0 Å². The summed E-state index contributed by atoms with van der Waals surface area (Å²) in [7, 11) is 0. The minimum Gasteiger partial charge on any atom is -0.396 e. The third-order valence-electron chi connectivity index (χ3n) is 2.17. The molecule has 0 saturated heterocycles. The molecule has 0 radical (unpaired) electrons. The maximum absolute atomic E-state index is 9.37. The van der Waals surface area contributed by atoms with Crippen LogP contribution in [0.25, 0.3) is 0 Å². The average molecular weight is 174 g/mol. The molecule has 0 rings (SSSR count). The molecule has 0 aromatic rings. The van der Waals surface area contributed by atoms with Crippen LogP contribution in [0, 0.1) is 5.92 Å². The number of rotatable bonds is 7. The van der Waals surface area contributed by atoms with E-state index in [0.29, 0.717) is 5.92 Å². The van der Waals surface area contributed by atoms with Crippen LogP contribution in [0.3, 0.4) is 0 Å². The van der Waals surface area contributed by atoms with Gasteiger partial charge in [0.2, 0.25) is 0 Å². The minimum absolute atomic E-state index is 0.124. The average Bonchev–Trinajstić information content (AvgIpc) is 2.04. The van der Waals surface area contributed by atoms with Crippen LogP contribution in [0.1, 0.15) is 46.0 Å². The van der Waals surface area contributed by atoms with Crippen molar-refractivity contribution in [3.05, 3.63) is 0 Å². The van der Waals surface area contributed by atoms with Crippen LogP contribution in [0.5, 0.6) is 0 Å². The van der Waals surface area contributed by atoms with E-state index in [2.05, 4.69) is 6.92 Å². The van der Waals surface area contributed by atoms with Crippen LogP contribution in [-0.2, 0) is 0 Å². The molecule has 0 fully saturated rings. The molecular formula is C10H22O2. The SMILES string of the molecule is CCCC(O)CCCC(C)CO. The zero-order chi connectivity index (χ0) is 9.40. The van der Waals surface area contributed by atoms with Gasteiger partial charge in [-0.1, -0.05) is 26.7 Å². The molecule has 0 aliphatic rings. The fraction of sp³-hybridized carbons (Fsp3) is 1.00. The van der Waals surface area contributed by atoms with Gasteiger partial charge in [0.15, 0.2) is 0 Å². The van der Waals surface area contributed by atoms with Gasteiger partial charge in [0.1, 0.15) is 0 Å². The molecule has 2 unspecified atom stereocenters. The summed E-state index contributed by atoms with van der Waals surface area (Å²) >= 11 is 0. The maximum Gasteiger partial charge on any atom is 0.0540 e. The fourth-order valence-electron chi connectivity index (χ4n) is 1.27. The summed E-state index contributed by atoms with van der Waals surface area (Å²) < 4.78 is 0. The number of aliphatic hydroxyl groups is 2. The summed E-state index contributed by atoms with van der Waals surface area (Å²) in [5, 5.41) is 18.1. The zero-order valence-corrected chi connectivity index (χ0v) is 8.29. The van der Waals surface area contributed by atoms with Crippen molar-refractivity contribution < 1.29 is 10.2 Å². The lowest BCUT2D eigenvalue weighted by Crippen LogP contribution is -2.07. The molecular weight excluding hydrogens is 152 g/mol. The van der Waals surface area contributed by atoms with E-state index in [9.17, 15) is 5.11 Å². The lowest BCUT2D eigenvalue weighted by atomic mass is 10.0. The molecule has 2 N–H and O–H groups in total. The Bertz CT molecular complexity index is 93.8. The molecule has 0 bridgehead atoms. The van der Waals surface area contributed by atoms with Crippen molar-refractivity contribution in [3.63, 3.8) is 0 Å². The van der Waals surface area contributed by atoms with Crippen LogP contribution in [0.15, 0.2) is 0 Å². The minimum atomic E-state index is -0.124. The molecule has 0 aromatic heterocycles. The van der Waals surface area contributed by atoms with Gasteiger partial charge in [-0.25, -0.2) is 0 Å². The smallest absolute Gasteiger partial charge is 0.0540 e. The summed E-state index contributed by atoms with van der Waals surface area (Å²) in [5.74, 6) is 0.388. The molecule has 74 valence electrons. The first kappa shape index (κ1) is 11.9. The Labute approximate surface area is 75.6 Å². The van der Waals surface area contributed by atoms with Crippen LogP contribution >= 0.6 is 0 Å². The highest BCUT2D eigenvalue weighted by Gasteiger charge is 2.04. The highest BCUT2D eigenvalue weighted by Crippen LogP contribution is 2.11. The molecule has 0 saturated carbocycles. The molecule has 0 amide bonds. The van der Waals surface area contributed by atoms with E-state index in [0.717, 1.165) is 32.1 Å². The van der Waals surface area contributed by atoms with Gasteiger partial charge in [-0.15, -0.1) is 0 Å². The maximum atomic E-state index is 9.37. The lowest BCUT2D eigenvalue weighted by molar-refractivity contribution is 0.144. The predicted octanol–water partition coefficient (Wildman–Crippen LogP) is 1.95. The number of hydrogen-bond donors (Lipinski definition) is 2. The van der Waals surface area contributed by atoms with Crippen molar-refractivity contribution in [3.8, 4) is 0 Å². The van der Waals surface area contributed by atoms with E-state index in [1.54, 1.807) is 0 Å². The Hall–Kier alpha value is -0.0800. The molecule has 2 nitrogen and oxygen atoms in total. The third kappa shape index (κ3) is 6.62. The Morgan fingerprint density at radius 3 is 2.33 bits per heavy atom. The first-order valence-electron chi connectivity index (χ1n) is 4.99. The van der Waals surface area contributed by atoms with Gasteiger partial charge in [-0.05, 0) is 25.2 Å². The molecule has 0 heterocycles. The zero-order valence-electron chi connectivity index (χ0n) is 8.29. The van der Waals surface area contributed by atoms with Crippen LogP contribution < -0.4 is 0 Å². The second-order valence-corrected chi connectivity index (χ2v) is 3.66. The van der Waals surface area contributed by atoms with E-state index in [1.807, 2.05) is 6.92 Å². The van der Waals surface area contributed by atoms with E-state index >= 15 is 0 Å². The second kappa shape index (κ2) is 7.56. The third-order valence-corrected chi connectivity index (χ3v) is 2.17. The summed E-state index contributed by atoms with van der Waals surface area (Å²) in [6, 6.07) is 0. The molecule has 0 aliphatic heterocycles. The fourth-order valence-corrected chi connectivity index (χ4v) is 1.27. The van der Waals surface area contributed by atoms with Crippen LogP contribution in [0.2, 0.25) is 0 Å². The molecule has 0 aromatic carbocycles. The van der Waals surface area contributed by atoms with Gasteiger partial charge < -0.3 is 10.2 Å². The second-order valence-electron chi connectivity index (χ2n) is 3.66. The van der Waals surface area contributed by atoms with Crippen molar-refractivity contribution in [2.75, 3.05) is 6.61 Å². The Morgan fingerprint density at radius 1 is 1.17 bits per heavy atom. The largest absolute Gasteiger partial charge is 0.396 e. The van der Waals surface area contributed by atoms with E-state index in [1.165, 1.54) is 0 Å². The van der Waals surface area contributed by atoms with Crippen molar-refractivity contribution in [1.82, 2.24) is 0 Å². The van der Waals surface area contributed by atoms with Crippen molar-refractivity contribution >= 4 is 0 Å². The first-order chi connectivity index (χ1) is 5.70. The molecule has 2 heteroatoms. The van der Waals surface area contributed by atoms with Crippen molar-refractivity contribution in [2.24, 2.45) is 5.92 Å². The quantitative estimate of drug-likeness (QED) is 0.619. The van der Waals surface area contributed by atoms with Crippen LogP contribution in [-0.4, -0.2) is 22.9 Å². The predicted molar refractivity (Wildman–Crippen MR) is 51.0 cm³/mol. The van der Waals surface area contributed by atoms with Gasteiger partial charge in [0.05, 0.1) is 6.10 Å². The first-order valence-corrected chi connectivity index (χ1v) is 4.99. The Kier molecular flexibility index (Phi) is 7.51. The lowest BCUT2D eigenvalue weighted by Gasteiger charge is -2.10.